The molecule has 1 saturated heterocycles. The summed E-state index contributed by atoms with van der Waals surface area (Å²) in [6, 6.07) is 12.4. The predicted molar refractivity (Wildman–Crippen MR) is 131 cm³/mol. The highest BCUT2D eigenvalue weighted by Crippen LogP contribution is 2.22. The SMILES string of the molecule is CCN(c1ccc(OCC(=O)Nc2ccc(S(=O)(=O)N3CCN(C)CC3)cc2)cc1)S(C)(=O)=O. The van der Waals surface area contributed by atoms with Crippen LogP contribution in [0.15, 0.2) is 53.4 Å². The molecule has 0 atom stereocenters. The van der Waals surface area contributed by atoms with Gasteiger partial charge in [0.25, 0.3) is 5.91 Å². The molecule has 0 spiro atoms. The van der Waals surface area contributed by atoms with Crippen LogP contribution in [0.3, 0.4) is 0 Å². The lowest BCUT2D eigenvalue weighted by atomic mass is 10.3. The summed E-state index contributed by atoms with van der Waals surface area (Å²) in [6.07, 6.45) is 1.14. The van der Waals surface area contributed by atoms with Crippen molar-refractivity contribution in [1.29, 1.82) is 0 Å². The summed E-state index contributed by atoms with van der Waals surface area (Å²) >= 11 is 0. The normalized spacial score (nSPS) is 15.6. The monoisotopic (exact) mass is 510 g/mol. The molecule has 1 aliphatic heterocycles. The second-order valence-corrected chi connectivity index (χ2v) is 11.8. The summed E-state index contributed by atoms with van der Waals surface area (Å²) in [5, 5.41) is 2.67. The largest absolute Gasteiger partial charge is 0.484 e. The van der Waals surface area contributed by atoms with Crippen molar-refractivity contribution < 1.29 is 26.4 Å². The molecule has 1 heterocycles. The van der Waals surface area contributed by atoms with E-state index < -0.39 is 26.0 Å². The smallest absolute Gasteiger partial charge is 0.262 e. The Morgan fingerprint density at radius 1 is 0.971 bits per heavy atom. The van der Waals surface area contributed by atoms with E-state index in [1.165, 1.54) is 20.7 Å². The molecule has 2 aromatic carbocycles. The van der Waals surface area contributed by atoms with E-state index in [9.17, 15) is 21.6 Å². The molecule has 1 fully saturated rings. The summed E-state index contributed by atoms with van der Waals surface area (Å²) in [6.45, 7) is 4.04. The van der Waals surface area contributed by atoms with Gasteiger partial charge in [-0.3, -0.25) is 9.10 Å². The van der Waals surface area contributed by atoms with Crippen LogP contribution in [0, 0.1) is 0 Å². The fourth-order valence-corrected chi connectivity index (χ4v) is 5.95. The molecule has 10 nitrogen and oxygen atoms in total. The molecule has 1 N–H and O–H groups in total. The van der Waals surface area contributed by atoms with E-state index in [4.69, 9.17) is 4.74 Å². The van der Waals surface area contributed by atoms with Gasteiger partial charge >= 0.3 is 0 Å². The lowest BCUT2D eigenvalue weighted by Gasteiger charge is -2.31. The molecule has 34 heavy (non-hydrogen) atoms. The predicted octanol–water partition coefficient (Wildman–Crippen LogP) is 1.43. The van der Waals surface area contributed by atoms with E-state index >= 15 is 0 Å². The maximum Gasteiger partial charge on any atom is 0.262 e. The number of hydrogen-bond acceptors (Lipinski definition) is 7. The minimum atomic E-state index is -3.57. The number of benzene rings is 2. The van der Waals surface area contributed by atoms with Crippen LogP contribution in [0.5, 0.6) is 5.75 Å². The lowest BCUT2D eigenvalue weighted by molar-refractivity contribution is -0.118. The van der Waals surface area contributed by atoms with Gasteiger partial charge in [0.1, 0.15) is 5.75 Å². The molecule has 1 aliphatic rings. The van der Waals surface area contributed by atoms with Crippen LogP contribution in [-0.4, -0.2) is 84.6 Å². The number of amides is 1. The van der Waals surface area contributed by atoms with E-state index in [2.05, 4.69) is 10.2 Å². The van der Waals surface area contributed by atoms with Crippen molar-refractivity contribution in [1.82, 2.24) is 9.21 Å². The van der Waals surface area contributed by atoms with Crippen LogP contribution in [0.4, 0.5) is 11.4 Å². The number of piperazine rings is 1. The number of nitrogens with zero attached hydrogens (tertiary/aromatic N) is 3. The highest BCUT2D eigenvalue weighted by molar-refractivity contribution is 7.92. The molecular weight excluding hydrogens is 480 g/mol. The third-order valence-corrected chi connectivity index (χ3v) is 8.60. The summed E-state index contributed by atoms with van der Waals surface area (Å²) in [5.74, 6) is 0.00199. The van der Waals surface area contributed by atoms with Gasteiger partial charge in [0.15, 0.2) is 6.61 Å². The van der Waals surface area contributed by atoms with Crippen molar-refractivity contribution in [3.05, 3.63) is 48.5 Å². The molecule has 1 amide bonds. The molecule has 0 radical (unpaired) electrons. The highest BCUT2D eigenvalue weighted by atomic mass is 32.2. The topological polar surface area (TPSA) is 116 Å². The van der Waals surface area contributed by atoms with Gasteiger partial charge in [0, 0.05) is 38.4 Å². The highest BCUT2D eigenvalue weighted by Gasteiger charge is 2.27. The van der Waals surface area contributed by atoms with Crippen LogP contribution in [0.2, 0.25) is 0 Å². The maximum absolute atomic E-state index is 12.8. The average molecular weight is 511 g/mol. The number of ether oxygens (including phenoxy) is 1. The van der Waals surface area contributed by atoms with E-state index in [0.717, 1.165) is 6.26 Å². The number of likely N-dealkylation sites (N-methyl/N-ethyl adjacent to an activating group) is 1. The Kier molecular flexibility index (Phi) is 8.18. The summed E-state index contributed by atoms with van der Waals surface area (Å²) < 4.78 is 57.4. The second-order valence-electron chi connectivity index (χ2n) is 7.99. The summed E-state index contributed by atoms with van der Waals surface area (Å²) in [7, 11) is -4.99. The number of anilines is 2. The van der Waals surface area contributed by atoms with Gasteiger partial charge in [-0.15, -0.1) is 0 Å². The van der Waals surface area contributed by atoms with Crippen molar-refractivity contribution in [2.24, 2.45) is 0 Å². The van der Waals surface area contributed by atoms with Gasteiger partial charge in [-0.25, -0.2) is 16.8 Å². The van der Waals surface area contributed by atoms with Crippen LogP contribution in [0.1, 0.15) is 6.92 Å². The minimum absolute atomic E-state index is 0.182. The average Bonchev–Trinajstić information content (AvgIpc) is 2.79. The maximum atomic E-state index is 12.8. The molecule has 186 valence electrons. The van der Waals surface area contributed by atoms with E-state index in [-0.39, 0.29) is 11.5 Å². The summed E-state index contributed by atoms with van der Waals surface area (Å²) in [5.41, 5.74) is 0.960. The molecule has 0 aromatic heterocycles. The standard InChI is InChI=1S/C22H30N4O6S2/c1-4-26(33(3,28)29)19-7-9-20(10-8-19)32-17-22(27)23-18-5-11-21(12-6-18)34(30,31)25-15-13-24(2)14-16-25/h5-12H,4,13-17H2,1-3H3,(H,23,27). The minimum Gasteiger partial charge on any atom is -0.484 e. The molecule has 2 aromatic rings. The zero-order chi connectivity index (χ0) is 24.9. The fourth-order valence-electron chi connectivity index (χ4n) is 3.55. The van der Waals surface area contributed by atoms with Crippen LogP contribution < -0.4 is 14.4 Å². The Balaban J connectivity index is 1.54. The van der Waals surface area contributed by atoms with Gasteiger partial charge in [-0.1, -0.05) is 0 Å². The Morgan fingerprint density at radius 3 is 2.09 bits per heavy atom. The Bertz CT molecular complexity index is 1190. The molecule has 0 bridgehead atoms. The Hall–Kier alpha value is -2.67. The molecule has 0 aliphatic carbocycles. The fraction of sp³-hybridized carbons (Fsp3) is 0.409. The first-order valence-electron chi connectivity index (χ1n) is 10.8. The molecule has 12 heteroatoms. The molecule has 0 saturated carbocycles. The molecule has 3 rings (SSSR count). The number of carbonyl (C=O) groups excluding carboxylic acids is 1. The quantitative estimate of drug-likeness (QED) is 0.542. The number of carbonyl (C=O) groups is 1. The van der Waals surface area contributed by atoms with E-state index in [0.29, 0.717) is 49.8 Å². The van der Waals surface area contributed by atoms with Crippen LogP contribution in [0.25, 0.3) is 0 Å². The number of nitrogens with one attached hydrogen (secondary N) is 1. The van der Waals surface area contributed by atoms with Crippen molar-refractivity contribution in [3.63, 3.8) is 0 Å². The van der Waals surface area contributed by atoms with E-state index in [1.54, 1.807) is 43.3 Å². The van der Waals surface area contributed by atoms with Crippen LogP contribution >= 0.6 is 0 Å². The first-order valence-corrected chi connectivity index (χ1v) is 14.1. The van der Waals surface area contributed by atoms with Gasteiger partial charge in [-0.2, -0.15) is 4.31 Å². The molecular formula is C22H30N4O6S2. The first kappa shape index (κ1) is 25.9. The van der Waals surface area contributed by atoms with Crippen molar-refractivity contribution in [2.45, 2.75) is 11.8 Å². The third kappa shape index (κ3) is 6.47. The second kappa shape index (κ2) is 10.7. The zero-order valence-corrected chi connectivity index (χ0v) is 21.1. The van der Waals surface area contributed by atoms with Crippen molar-refractivity contribution in [2.75, 3.05) is 62.3 Å². The third-order valence-electron chi connectivity index (χ3n) is 5.42. The number of sulfonamides is 2. The van der Waals surface area contributed by atoms with E-state index in [1.807, 2.05) is 7.05 Å². The zero-order valence-electron chi connectivity index (χ0n) is 19.5. The Labute approximate surface area is 201 Å². The van der Waals surface area contributed by atoms with Crippen LogP contribution in [-0.2, 0) is 24.8 Å². The van der Waals surface area contributed by atoms with Gasteiger partial charge in [0.2, 0.25) is 20.0 Å². The summed E-state index contributed by atoms with van der Waals surface area (Å²) in [4.78, 5) is 14.5. The Morgan fingerprint density at radius 2 is 1.56 bits per heavy atom. The molecule has 0 unspecified atom stereocenters. The number of rotatable bonds is 9. The first-order chi connectivity index (χ1) is 16.0. The lowest BCUT2D eigenvalue weighted by Crippen LogP contribution is -2.46. The van der Waals surface area contributed by atoms with Crippen molar-refractivity contribution in [3.8, 4) is 5.75 Å². The van der Waals surface area contributed by atoms with Crippen molar-refractivity contribution >= 4 is 37.3 Å². The van der Waals surface area contributed by atoms with Gasteiger partial charge in [-0.05, 0) is 62.5 Å². The van der Waals surface area contributed by atoms with Gasteiger partial charge in [0.05, 0.1) is 16.8 Å². The van der Waals surface area contributed by atoms with Gasteiger partial charge < -0.3 is 15.0 Å². The number of hydrogen-bond donors (Lipinski definition) is 1.